The Hall–Kier alpha value is -1.31. The number of carboxylic acids is 1. The monoisotopic (exact) mass is 255 g/mol. The van der Waals surface area contributed by atoms with Crippen molar-refractivity contribution in [2.75, 3.05) is 19.7 Å². The molecule has 1 saturated heterocycles. The van der Waals surface area contributed by atoms with Crippen LogP contribution in [0.4, 0.5) is 13.2 Å². The first-order valence-electron chi connectivity index (χ1n) is 4.86. The minimum atomic E-state index is -4.87. The van der Waals surface area contributed by atoms with Gasteiger partial charge in [0.05, 0.1) is 26.1 Å². The lowest BCUT2D eigenvalue weighted by molar-refractivity contribution is -0.207. The van der Waals surface area contributed by atoms with Gasteiger partial charge >= 0.3 is 18.1 Å². The number of carboxylic acid groups (broad SMARTS) is 1. The van der Waals surface area contributed by atoms with E-state index >= 15 is 0 Å². The third-order valence-corrected chi connectivity index (χ3v) is 2.35. The summed E-state index contributed by atoms with van der Waals surface area (Å²) in [4.78, 5) is 21.6. The standard InChI is InChI=1S/C9H12F3NO4/c1-8(17-3-2-6(14)15)4-13(5-8)7(16)9(10,11)12/h2-5H2,1H3,(H,14,15). The molecule has 0 unspecified atom stereocenters. The van der Waals surface area contributed by atoms with Crippen LogP contribution in [0.15, 0.2) is 0 Å². The summed E-state index contributed by atoms with van der Waals surface area (Å²) in [7, 11) is 0. The number of halogens is 3. The third kappa shape index (κ3) is 3.58. The van der Waals surface area contributed by atoms with Crippen LogP contribution in [-0.2, 0) is 14.3 Å². The average Bonchev–Trinajstić information content (AvgIpc) is 2.10. The largest absolute Gasteiger partial charge is 0.481 e. The molecule has 0 bridgehead atoms. The molecule has 0 saturated carbocycles. The Morgan fingerprint density at radius 2 is 1.94 bits per heavy atom. The summed E-state index contributed by atoms with van der Waals surface area (Å²) in [6, 6.07) is 0. The van der Waals surface area contributed by atoms with Gasteiger partial charge in [-0.1, -0.05) is 0 Å². The molecule has 0 atom stereocenters. The average molecular weight is 255 g/mol. The second-order valence-electron chi connectivity index (χ2n) is 4.10. The summed E-state index contributed by atoms with van der Waals surface area (Å²) in [5, 5.41) is 8.35. The van der Waals surface area contributed by atoms with E-state index in [1.165, 1.54) is 6.92 Å². The number of likely N-dealkylation sites (tertiary alicyclic amines) is 1. The molecule has 0 aromatic rings. The molecule has 5 nitrogen and oxygen atoms in total. The number of alkyl halides is 3. The molecule has 0 aromatic heterocycles. The quantitative estimate of drug-likeness (QED) is 0.800. The summed E-state index contributed by atoms with van der Waals surface area (Å²) < 4.78 is 41.2. The zero-order valence-corrected chi connectivity index (χ0v) is 9.08. The molecule has 1 heterocycles. The Morgan fingerprint density at radius 3 is 2.35 bits per heavy atom. The van der Waals surface area contributed by atoms with Gasteiger partial charge < -0.3 is 14.7 Å². The molecule has 17 heavy (non-hydrogen) atoms. The van der Waals surface area contributed by atoms with Gasteiger partial charge in [-0.2, -0.15) is 13.2 Å². The molecule has 0 spiro atoms. The van der Waals surface area contributed by atoms with Crippen LogP contribution in [0.2, 0.25) is 0 Å². The number of carbonyl (C=O) groups is 2. The number of hydrogen-bond acceptors (Lipinski definition) is 3. The van der Waals surface area contributed by atoms with Crippen LogP contribution in [0.1, 0.15) is 13.3 Å². The normalized spacial score (nSPS) is 18.7. The fourth-order valence-corrected chi connectivity index (χ4v) is 1.56. The highest BCUT2D eigenvalue weighted by molar-refractivity contribution is 5.82. The number of aliphatic carboxylic acids is 1. The summed E-state index contributed by atoms with van der Waals surface area (Å²) in [6.07, 6.45) is -5.09. The molecular weight excluding hydrogens is 243 g/mol. The van der Waals surface area contributed by atoms with Crippen molar-refractivity contribution in [2.45, 2.75) is 25.1 Å². The van der Waals surface area contributed by atoms with E-state index in [1.54, 1.807) is 0 Å². The van der Waals surface area contributed by atoms with Crippen LogP contribution >= 0.6 is 0 Å². The molecule has 8 heteroatoms. The fraction of sp³-hybridized carbons (Fsp3) is 0.778. The van der Waals surface area contributed by atoms with Crippen molar-refractivity contribution >= 4 is 11.9 Å². The molecule has 1 aliphatic heterocycles. The van der Waals surface area contributed by atoms with E-state index in [1.807, 2.05) is 0 Å². The Bertz CT molecular complexity index is 323. The maximum Gasteiger partial charge on any atom is 0.471 e. The van der Waals surface area contributed by atoms with Crippen molar-refractivity contribution in [2.24, 2.45) is 0 Å². The first kappa shape index (κ1) is 13.8. The lowest BCUT2D eigenvalue weighted by Gasteiger charge is -2.47. The lowest BCUT2D eigenvalue weighted by Crippen LogP contribution is -2.65. The Morgan fingerprint density at radius 1 is 1.41 bits per heavy atom. The summed E-state index contributed by atoms with van der Waals surface area (Å²) in [5.41, 5.74) is -0.879. The Labute approximate surface area is 95.1 Å². The molecule has 1 rings (SSSR count). The first-order valence-corrected chi connectivity index (χ1v) is 4.86. The lowest BCUT2D eigenvalue weighted by atomic mass is 9.96. The van der Waals surface area contributed by atoms with Crippen molar-refractivity contribution in [3.05, 3.63) is 0 Å². The molecule has 98 valence electrons. The van der Waals surface area contributed by atoms with Crippen LogP contribution in [0, 0.1) is 0 Å². The summed E-state index contributed by atoms with van der Waals surface area (Å²) >= 11 is 0. The maximum absolute atomic E-state index is 12.0. The van der Waals surface area contributed by atoms with E-state index in [0.29, 0.717) is 4.90 Å². The van der Waals surface area contributed by atoms with Gasteiger partial charge in [-0.15, -0.1) is 0 Å². The van der Waals surface area contributed by atoms with Gasteiger partial charge in [0.15, 0.2) is 0 Å². The zero-order chi connectivity index (χ0) is 13.3. The van der Waals surface area contributed by atoms with E-state index in [9.17, 15) is 22.8 Å². The van der Waals surface area contributed by atoms with Crippen LogP contribution in [-0.4, -0.2) is 53.4 Å². The zero-order valence-electron chi connectivity index (χ0n) is 9.08. The van der Waals surface area contributed by atoms with Crippen LogP contribution in [0.3, 0.4) is 0 Å². The van der Waals surface area contributed by atoms with E-state index < -0.39 is 23.7 Å². The van der Waals surface area contributed by atoms with Crippen molar-refractivity contribution in [3.8, 4) is 0 Å². The number of hydrogen-bond donors (Lipinski definition) is 1. The minimum absolute atomic E-state index is 0.0835. The SMILES string of the molecule is CC1(OCCC(=O)O)CN(C(=O)C(F)(F)F)C1. The van der Waals surface area contributed by atoms with Crippen molar-refractivity contribution < 1.29 is 32.6 Å². The Kier molecular flexibility index (Phi) is 3.65. The van der Waals surface area contributed by atoms with Crippen LogP contribution in [0.5, 0.6) is 0 Å². The van der Waals surface area contributed by atoms with Gasteiger partial charge in [0.2, 0.25) is 0 Å². The van der Waals surface area contributed by atoms with Gasteiger partial charge in [0, 0.05) is 0 Å². The highest BCUT2D eigenvalue weighted by atomic mass is 19.4. The van der Waals surface area contributed by atoms with Crippen molar-refractivity contribution in [1.29, 1.82) is 0 Å². The molecule has 1 amide bonds. The van der Waals surface area contributed by atoms with Gasteiger partial charge in [-0.25, -0.2) is 0 Å². The van der Waals surface area contributed by atoms with Crippen molar-refractivity contribution in [1.82, 2.24) is 4.90 Å². The Balaban J connectivity index is 2.34. The van der Waals surface area contributed by atoms with E-state index in [0.717, 1.165) is 0 Å². The smallest absolute Gasteiger partial charge is 0.471 e. The number of rotatable bonds is 4. The first-order chi connectivity index (χ1) is 7.64. The van der Waals surface area contributed by atoms with Gasteiger partial charge in [-0.05, 0) is 6.92 Å². The summed E-state index contributed by atoms with van der Waals surface area (Å²) in [5.74, 6) is -2.94. The van der Waals surface area contributed by atoms with Gasteiger partial charge in [0.1, 0.15) is 5.60 Å². The van der Waals surface area contributed by atoms with E-state index in [2.05, 4.69) is 0 Å². The van der Waals surface area contributed by atoms with E-state index in [4.69, 9.17) is 9.84 Å². The molecule has 0 radical (unpaired) electrons. The van der Waals surface area contributed by atoms with Gasteiger partial charge in [-0.3, -0.25) is 9.59 Å². The summed E-state index contributed by atoms with van der Waals surface area (Å²) in [6.45, 7) is 1.10. The second-order valence-corrected chi connectivity index (χ2v) is 4.10. The topological polar surface area (TPSA) is 66.8 Å². The highest BCUT2D eigenvalue weighted by Gasteiger charge is 2.51. The number of nitrogens with zero attached hydrogens (tertiary/aromatic N) is 1. The molecular formula is C9H12F3NO4. The number of amides is 1. The molecule has 0 aromatic carbocycles. The number of ether oxygens (including phenoxy) is 1. The minimum Gasteiger partial charge on any atom is -0.481 e. The van der Waals surface area contributed by atoms with Gasteiger partial charge in [0.25, 0.3) is 0 Å². The fourth-order valence-electron chi connectivity index (χ4n) is 1.56. The number of carbonyl (C=O) groups excluding carboxylic acids is 1. The third-order valence-electron chi connectivity index (χ3n) is 2.35. The predicted octanol–water partition coefficient (Wildman–Crippen LogP) is 0.641. The van der Waals surface area contributed by atoms with E-state index in [-0.39, 0.29) is 26.1 Å². The van der Waals surface area contributed by atoms with Crippen molar-refractivity contribution in [3.63, 3.8) is 0 Å². The second kappa shape index (κ2) is 4.52. The van der Waals surface area contributed by atoms with Crippen LogP contribution in [0.25, 0.3) is 0 Å². The molecule has 1 fully saturated rings. The molecule has 1 N–H and O–H groups in total. The maximum atomic E-state index is 12.0. The molecule has 0 aliphatic carbocycles. The predicted molar refractivity (Wildman–Crippen MR) is 49.2 cm³/mol. The highest BCUT2D eigenvalue weighted by Crippen LogP contribution is 2.29. The van der Waals surface area contributed by atoms with Crippen LogP contribution < -0.4 is 0 Å². The molecule has 1 aliphatic rings.